The van der Waals surface area contributed by atoms with Gasteiger partial charge in [-0.1, -0.05) is 47.6 Å². The van der Waals surface area contributed by atoms with E-state index in [0.717, 1.165) is 22.5 Å². The maximum atomic E-state index is 13.0. The van der Waals surface area contributed by atoms with Gasteiger partial charge in [0.2, 0.25) is 5.91 Å². The lowest BCUT2D eigenvalue weighted by molar-refractivity contribution is -0.116. The van der Waals surface area contributed by atoms with Crippen LogP contribution in [0.3, 0.4) is 0 Å². The van der Waals surface area contributed by atoms with Crippen LogP contribution >= 0.6 is 0 Å². The molecule has 0 fully saturated rings. The van der Waals surface area contributed by atoms with E-state index < -0.39 is 11.7 Å². The van der Waals surface area contributed by atoms with E-state index in [2.05, 4.69) is 16.5 Å². The Morgan fingerprint density at radius 2 is 1.78 bits per heavy atom. The van der Waals surface area contributed by atoms with E-state index in [9.17, 15) is 14.9 Å². The maximum absolute atomic E-state index is 13.0. The predicted molar refractivity (Wildman–Crippen MR) is 120 cm³/mol. The molecule has 2 aromatic carbocycles. The van der Waals surface area contributed by atoms with Crippen molar-refractivity contribution in [1.82, 2.24) is 14.3 Å². The van der Waals surface area contributed by atoms with Crippen LogP contribution in [0.4, 0.5) is 5.82 Å². The molecule has 1 N–H and O–H groups in total. The minimum absolute atomic E-state index is 0.273. The molecular weight excluding hydrogens is 406 g/mol. The van der Waals surface area contributed by atoms with E-state index >= 15 is 0 Å². The Morgan fingerprint density at radius 1 is 1.09 bits per heavy atom. The summed E-state index contributed by atoms with van der Waals surface area (Å²) in [5.74, 6) is -0.573. The summed E-state index contributed by atoms with van der Waals surface area (Å²) in [6.45, 7) is 5.30. The highest BCUT2D eigenvalue weighted by Gasteiger charge is 2.22. The summed E-state index contributed by atoms with van der Waals surface area (Å²) in [7, 11) is 0. The molecule has 0 bridgehead atoms. The highest BCUT2D eigenvalue weighted by Crippen LogP contribution is 2.30. The monoisotopic (exact) mass is 427 g/mol. The largest absolute Gasteiger partial charge is 0.442 e. The zero-order valence-electron chi connectivity index (χ0n) is 17.9. The van der Waals surface area contributed by atoms with E-state index in [0.29, 0.717) is 16.9 Å². The molecule has 8 heteroatoms. The van der Waals surface area contributed by atoms with Gasteiger partial charge in [-0.05, 0) is 44.0 Å². The lowest BCUT2D eigenvalue weighted by atomic mass is 10.1. The number of hydrogen-bond acceptors (Lipinski definition) is 5. The van der Waals surface area contributed by atoms with Gasteiger partial charge in [0.05, 0.1) is 5.56 Å². The molecule has 160 valence electrons. The number of benzene rings is 2. The Bertz CT molecular complexity index is 1400. The topological polar surface area (TPSA) is 106 Å². The normalized spacial score (nSPS) is 10.7. The summed E-state index contributed by atoms with van der Waals surface area (Å²) in [4.78, 5) is 25.3. The number of aryl methyl sites for hydroxylation is 1. The van der Waals surface area contributed by atoms with Crippen LogP contribution in [0, 0.1) is 32.1 Å². The molecule has 2 heterocycles. The van der Waals surface area contributed by atoms with Crippen LogP contribution in [0.1, 0.15) is 22.4 Å². The average molecular weight is 427 g/mol. The third-order valence-corrected chi connectivity index (χ3v) is 5.47. The molecule has 4 aromatic rings. The number of nitriles is 1. The third kappa shape index (κ3) is 3.61. The molecule has 4 rings (SSSR count). The van der Waals surface area contributed by atoms with E-state index in [1.54, 1.807) is 0 Å². The number of amides is 1. The molecule has 0 unspecified atom stereocenters. The fraction of sp³-hybridized carbons (Fsp3) is 0.167. The Morgan fingerprint density at radius 3 is 2.47 bits per heavy atom. The van der Waals surface area contributed by atoms with Crippen LogP contribution in [0.2, 0.25) is 0 Å². The van der Waals surface area contributed by atoms with E-state index in [-0.39, 0.29) is 12.4 Å². The zero-order valence-corrected chi connectivity index (χ0v) is 17.9. The molecule has 32 heavy (non-hydrogen) atoms. The second-order valence-corrected chi connectivity index (χ2v) is 7.44. The van der Waals surface area contributed by atoms with Crippen molar-refractivity contribution in [3.63, 3.8) is 0 Å². The molecule has 2 aromatic heterocycles. The molecule has 0 saturated carbocycles. The second kappa shape index (κ2) is 8.40. The maximum Gasteiger partial charge on any atom is 0.442 e. The summed E-state index contributed by atoms with van der Waals surface area (Å²) in [5, 5.41) is 16.4. The van der Waals surface area contributed by atoms with Gasteiger partial charge in [-0.3, -0.25) is 13.9 Å². The number of hydrogen-bond donors (Lipinski definition) is 1. The van der Waals surface area contributed by atoms with Gasteiger partial charge in [-0.25, -0.2) is 9.36 Å². The fourth-order valence-corrected chi connectivity index (χ4v) is 3.70. The molecule has 0 atom stereocenters. The molecule has 0 saturated heterocycles. The van der Waals surface area contributed by atoms with E-state index in [4.69, 9.17) is 4.52 Å². The number of aromatic nitrogens is 3. The van der Waals surface area contributed by atoms with Crippen molar-refractivity contribution in [2.24, 2.45) is 0 Å². The number of nitrogens with one attached hydrogen (secondary N) is 1. The van der Waals surface area contributed by atoms with Crippen LogP contribution in [-0.2, 0) is 11.3 Å². The first-order valence-electron chi connectivity index (χ1n) is 10.0. The highest BCUT2D eigenvalue weighted by atomic mass is 16.5. The summed E-state index contributed by atoms with van der Waals surface area (Å²) in [6, 6.07) is 19.0. The Hall–Kier alpha value is -4.38. The first-order valence-corrected chi connectivity index (χ1v) is 10.0. The highest BCUT2D eigenvalue weighted by molar-refractivity contribution is 5.92. The van der Waals surface area contributed by atoms with Crippen molar-refractivity contribution in [2.75, 3.05) is 5.32 Å². The van der Waals surface area contributed by atoms with Gasteiger partial charge in [-0.2, -0.15) is 5.26 Å². The first kappa shape index (κ1) is 20.9. The fourth-order valence-electron chi connectivity index (χ4n) is 3.70. The number of rotatable bonds is 5. The van der Waals surface area contributed by atoms with Gasteiger partial charge in [0, 0.05) is 16.9 Å². The van der Waals surface area contributed by atoms with Crippen molar-refractivity contribution in [1.29, 1.82) is 5.26 Å². The van der Waals surface area contributed by atoms with Gasteiger partial charge in [0.25, 0.3) is 0 Å². The minimum atomic E-state index is -0.732. The predicted octanol–water partition coefficient (Wildman–Crippen LogP) is 3.73. The minimum Gasteiger partial charge on any atom is -0.309 e. The third-order valence-electron chi connectivity index (χ3n) is 5.47. The smallest absolute Gasteiger partial charge is 0.309 e. The quantitative estimate of drug-likeness (QED) is 0.522. The van der Waals surface area contributed by atoms with Crippen molar-refractivity contribution in [3.8, 4) is 23.1 Å². The zero-order chi connectivity index (χ0) is 22.8. The summed E-state index contributed by atoms with van der Waals surface area (Å²) in [5.41, 5.74) is 4.39. The Labute approximate surface area is 184 Å². The van der Waals surface area contributed by atoms with Gasteiger partial charge in [0.15, 0.2) is 5.82 Å². The van der Waals surface area contributed by atoms with Gasteiger partial charge in [0.1, 0.15) is 18.4 Å². The second-order valence-electron chi connectivity index (χ2n) is 7.44. The molecular formula is C24H21N5O3. The van der Waals surface area contributed by atoms with Gasteiger partial charge in [-0.15, -0.1) is 0 Å². The molecule has 0 spiro atoms. The summed E-state index contributed by atoms with van der Waals surface area (Å²) < 4.78 is 7.84. The van der Waals surface area contributed by atoms with Crippen LogP contribution in [0.25, 0.3) is 17.1 Å². The van der Waals surface area contributed by atoms with Crippen molar-refractivity contribution < 1.29 is 9.32 Å². The van der Waals surface area contributed by atoms with Crippen molar-refractivity contribution >= 4 is 11.7 Å². The Balaban J connectivity index is 1.71. The molecule has 1 amide bonds. The first-order chi connectivity index (χ1) is 15.4. The SMILES string of the molecule is Cc1ccccc1-c1noc(=O)n1CC(=O)Nc1c(C#N)c(C)c(C)n1-c1ccccc1. The molecule has 0 aliphatic heterocycles. The number of carbonyl (C=O) groups excluding carboxylic acids is 1. The summed E-state index contributed by atoms with van der Waals surface area (Å²) >= 11 is 0. The number of anilines is 1. The van der Waals surface area contributed by atoms with E-state index in [1.165, 1.54) is 4.57 Å². The molecule has 0 aliphatic rings. The van der Waals surface area contributed by atoms with E-state index in [1.807, 2.05) is 79.9 Å². The lowest BCUT2D eigenvalue weighted by Gasteiger charge is -2.13. The van der Waals surface area contributed by atoms with Crippen molar-refractivity contribution in [2.45, 2.75) is 27.3 Å². The molecule has 8 nitrogen and oxygen atoms in total. The number of carbonyl (C=O) groups is 1. The van der Waals surface area contributed by atoms with Crippen LogP contribution < -0.4 is 11.1 Å². The van der Waals surface area contributed by atoms with Crippen LogP contribution in [-0.4, -0.2) is 20.2 Å². The van der Waals surface area contributed by atoms with Crippen molar-refractivity contribution in [3.05, 3.63) is 87.5 Å². The number of nitrogens with zero attached hydrogens (tertiary/aromatic N) is 4. The number of para-hydroxylation sites is 1. The standard InChI is InChI=1S/C24H21N5O3/c1-15-9-7-8-12-19(15)23-27-32-24(31)28(23)14-21(30)26-22-20(13-25)16(2)17(3)29(22)18-10-5-4-6-11-18/h4-12H,14H2,1-3H3,(H,26,30). The summed E-state index contributed by atoms with van der Waals surface area (Å²) in [6.07, 6.45) is 0. The average Bonchev–Trinajstić information content (AvgIpc) is 3.25. The van der Waals surface area contributed by atoms with Crippen LogP contribution in [0.15, 0.2) is 63.9 Å². The van der Waals surface area contributed by atoms with Gasteiger partial charge < -0.3 is 5.32 Å². The van der Waals surface area contributed by atoms with Gasteiger partial charge >= 0.3 is 5.76 Å². The molecule has 0 radical (unpaired) electrons. The van der Waals surface area contributed by atoms with Crippen LogP contribution in [0.5, 0.6) is 0 Å². The lowest BCUT2D eigenvalue weighted by Crippen LogP contribution is -2.26. The Kier molecular flexibility index (Phi) is 5.48. The molecule has 0 aliphatic carbocycles.